The van der Waals surface area contributed by atoms with E-state index in [0.717, 1.165) is 29.8 Å². The standard InChI is InChI=1S/C18H20ClN3O2/c1-13-16(9-10-17(24)21-11-5-8-15(21)12-23)18(19)22(20-13)14-6-3-2-4-7-14/h2-4,6-7,9-10,15,23H,5,8,11-12H2,1H3/b10-9+/t15-/m1/s1. The number of aryl methyl sites for hydroxylation is 1. The lowest BCUT2D eigenvalue weighted by molar-refractivity contribution is -0.127. The van der Waals surface area contributed by atoms with Crippen molar-refractivity contribution in [1.82, 2.24) is 14.7 Å². The van der Waals surface area contributed by atoms with Crippen LogP contribution < -0.4 is 0 Å². The van der Waals surface area contributed by atoms with Crippen molar-refractivity contribution >= 4 is 23.6 Å². The van der Waals surface area contributed by atoms with Gasteiger partial charge in [-0.05, 0) is 38.0 Å². The number of para-hydroxylation sites is 1. The van der Waals surface area contributed by atoms with E-state index < -0.39 is 0 Å². The minimum Gasteiger partial charge on any atom is -0.394 e. The van der Waals surface area contributed by atoms with Gasteiger partial charge in [0, 0.05) is 18.2 Å². The summed E-state index contributed by atoms with van der Waals surface area (Å²) in [4.78, 5) is 14.1. The molecule has 0 spiro atoms. The maximum absolute atomic E-state index is 12.3. The molecular weight excluding hydrogens is 326 g/mol. The van der Waals surface area contributed by atoms with Crippen molar-refractivity contribution in [2.75, 3.05) is 13.2 Å². The Bertz CT molecular complexity index is 755. The summed E-state index contributed by atoms with van der Waals surface area (Å²) >= 11 is 6.45. The number of carbonyl (C=O) groups is 1. The van der Waals surface area contributed by atoms with Gasteiger partial charge in [0.2, 0.25) is 5.91 Å². The van der Waals surface area contributed by atoms with Crippen LogP contribution in [0.1, 0.15) is 24.1 Å². The van der Waals surface area contributed by atoms with Crippen LogP contribution >= 0.6 is 11.6 Å². The molecule has 2 aromatic rings. The average Bonchev–Trinajstić information content (AvgIpc) is 3.18. The fourth-order valence-corrected chi connectivity index (χ4v) is 3.34. The topological polar surface area (TPSA) is 58.4 Å². The first-order valence-corrected chi connectivity index (χ1v) is 8.39. The summed E-state index contributed by atoms with van der Waals surface area (Å²) in [5.41, 5.74) is 2.36. The number of hydrogen-bond donors (Lipinski definition) is 1. The van der Waals surface area contributed by atoms with Gasteiger partial charge in [-0.3, -0.25) is 4.79 Å². The maximum Gasteiger partial charge on any atom is 0.246 e. The van der Waals surface area contributed by atoms with Crippen LogP contribution in [0.2, 0.25) is 5.15 Å². The third kappa shape index (κ3) is 3.23. The van der Waals surface area contributed by atoms with Crippen molar-refractivity contribution < 1.29 is 9.90 Å². The van der Waals surface area contributed by atoms with Gasteiger partial charge in [0.1, 0.15) is 5.15 Å². The van der Waals surface area contributed by atoms with Crippen molar-refractivity contribution in [2.24, 2.45) is 0 Å². The number of aromatic nitrogens is 2. The van der Waals surface area contributed by atoms with Crippen LogP contribution in [-0.2, 0) is 4.79 Å². The second kappa shape index (κ2) is 7.20. The number of amides is 1. The van der Waals surface area contributed by atoms with Gasteiger partial charge in [0.25, 0.3) is 0 Å². The summed E-state index contributed by atoms with van der Waals surface area (Å²) in [6, 6.07) is 9.54. The summed E-state index contributed by atoms with van der Waals surface area (Å²) in [5, 5.41) is 14.3. The van der Waals surface area contributed by atoms with E-state index in [1.165, 1.54) is 6.08 Å². The van der Waals surface area contributed by atoms with E-state index in [0.29, 0.717) is 11.7 Å². The van der Waals surface area contributed by atoms with Gasteiger partial charge in [0.05, 0.1) is 24.0 Å². The third-order valence-electron chi connectivity index (χ3n) is 4.31. The number of nitrogens with zero attached hydrogens (tertiary/aromatic N) is 3. The van der Waals surface area contributed by atoms with Gasteiger partial charge in [-0.25, -0.2) is 4.68 Å². The van der Waals surface area contributed by atoms with Crippen LogP contribution in [0, 0.1) is 6.92 Å². The largest absolute Gasteiger partial charge is 0.394 e. The van der Waals surface area contributed by atoms with Gasteiger partial charge >= 0.3 is 0 Å². The maximum atomic E-state index is 12.3. The van der Waals surface area contributed by atoms with Crippen molar-refractivity contribution in [3.63, 3.8) is 0 Å². The quantitative estimate of drug-likeness (QED) is 0.867. The molecule has 1 aliphatic rings. The summed E-state index contributed by atoms with van der Waals surface area (Å²) in [7, 11) is 0. The lowest BCUT2D eigenvalue weighted by Crippen LogP contribution is -2.36. The molecule has 3 rings (SSSR count). The molecule has 1 atom stereocenters. The summed E-state index contributed by atoms with van der Waals surface area (Å²) in [6.45, 7) is 2.55. The lowest BCUT2D eigenvalue weighted by Gasteiger charge is -2.21. The van der Waals surface area contributed by atoms with Gasteiger partial charge in [-0.2, -0.15) is 5.10 Å². The van der Waals surface area contributed by atoms with Gasteiger partial charge in [0.15, 0.2) is 0 Å². The molecule has 24 heavy (non-hydrogen) atoms. The third-order valence-corrected chi connectivity index (χ3v) is 4.68. The molecule has 0 radical (unpaired) electrons. The molecular formula is C18H20ClN3O2. The lowest BCUT2D eigenvalue weighted by atomic mass is 10.2. The van der Waals surface area contributed by atoms with Gasteiger partial charge < -0.3 is 10.0 Å². The fourth-order valence-electron chi connectivity index (χ4n) is 3.01. The molecule has 0 bridgehead atoms. The molecule has 0 aliphatic carbocycles. The average molecular weight is 346 g/mol. The fraction of sp³-hybridized carbons (Fsp3) is 0.333. The van der Waals surface area contributed by atoms with E-state index >= 15 is 0 Å². The molecule has 6 heteroatoms. The zero-order valence-corrected chi connectivity index (χ0v) is 14.3. The highest BCUT2D eigenvalue weighted by atomic mass is 35.5. The Labute approximate surface area is 146 Å². The molecule has 126 valence electrons. The van der Waals surface area contributed by atoms with Crippen LogP contribution in [0.3, 0.4) is 0 Å². The Morgan fingerprint density at radius 3 is 2.88 bits per heavy atom. The van der Waals surface area contributed by atoms with Crippen LogP contribution in [-0.4, -0.2) is 44.9 Å². The second-order valence-corrected chi connectivity index (χ2v) is 6.24. The predicted octanol–water partition coefficient (Wildman–Crippen LogP) is 2.83. The molecule has 5 nitrogen and oxygen atoms in total. The Balaban J connectivity index is 1.83. The molecule has 0 unspecified atom stereocenters. The summed E-state index contributed by atoms with van der Waals surface area (Å²) < 4.78 is 1.66. The van der Waals surface area contributed by atoms with E-state index in [4.69, 9.17) is 11.6 Å². The second-order valence-electron chi connectivity index (χ2n) is 5.88. The van der Waals surface area contributed by atoms with Crippen LogP contribution in [0.25, 0.3) is 11.8 Å². The number of likely N-dealkylation sites (tertiary alicyclic amines) is 1. The molecule has 1 amide bonds. The summed E-state index contributed by atoms with van der Waals surface area (Å²) in [5.74, 6) is -0.102. The van der Waals surface area contributed by atoms with E-state index in [1.807, 2.05) is 37.3 Å². The molecule has 1 aliphatic heterocycles. The highest BCUT2D eigenvalue weighted by molar-refractivity contribution is 6.31. The SMILES string of the molecule is Cc1nn(-c2ccccc2)c(Cl)c1/C=C/C(=O)N1CCC[C@@H]1CO. The number of rotatable bonds is 4. The zero-order chi connectivity index (χ0) is 17.1. The van der Waals surface area contributed by atoms with Gasteiger partial charge in [-0.15, -0.1) is 0 Å². The Morgan fingerprint density at radius 2 is 2.17 bits per heavy atom. The molecule has 1 aromatic carbocycles. The first-order valence-electron chi connectivity index (χ1n) is 8.02. The van der Waals surface area contributed by atoms with Crippen LogP contribution in [0.5, 0.6) is 0 Å². The molecule has 1 N–H and O–H groups in total. The number of carbonyl (C=O) groups excluding carboxylic acids is 1. The number of benzene rings is 1. The minimum absolute atomic E-state index is 0.00526. The van der Waals surface area contributed by atoms with E-state index in [-0.39, 0.29) is 18.6 Å². The highest BCUT2D eigenvalue weighted by Crippen LogP contribution is 2.25. The van der Waals surface area contributed by atoms with E-state index in [9.17, 15) is 9.90 Å². The summed E-state index contributed by atoms with van der Waals surface area (Å²) in [6.07, 6.45) is 5.00. The van der Waals surface area contributed by atoms with E-state index in [2.05, 4.69) is 5.10 Å². The Kier molecular flexibility index (Phi) is 5.02. The predicted molar refractivity (Wildman–Crippen MR) is 94.2 cm³/mol. The number of hydrogen-bond acceptors (Lipinski definition) is 3. The minimum atomic E-state index is -0.102. The number of aliphatic hydroxyl groups is 1. The molecule has 1 fully saturated rings. The normalized spacial score (nSPS) is 17.8. The number of halogens is 1. The van der Waals surface area contributed by atoms with Gasteiger partial charge in [-0.1, -0.05) is 29.8 Å². The number of aliphatic hydroxyl groups excluding tert-OH is 1. The Morgan fingerprint density at radius 1 is 1.42 bits per heavy atom. The van der Waals surface area contributed by atoms with Crippen molar-refractivity contribution in [3.05, 3.63) is 52.8 Å². The van der Waals surface area contributed by atoms with Crippen LogP contribution in [0.15, 0.2) is 36.4 Å². The highest BCUT2D eigenvalue weighted by Gasteiger charge is 2.26. The van der Waals surface area contributed by atoms with Crippen molar-refractivity contribution in [1.29, 1.82) is 0 Å². The van der Waals surface area contributed by atoms with Crippen molar-refractivity contribution in [3.8, 4) is 5.69 Å². The Hall–Kier alpha value is -2.11. The monoisotopic (exact) mass is 345 g/mol. The van der Waals surface area contributed by atoms with Crippen LogP contribution in [0.4, 0.5) is 0 Å². The van der Waals surface area contributed by atoms with E-state index in [1.54, 1.807) is 15.7 Å². The smallest absolute Gasteiger partial charge is 0.246 e. The first-order chi connectivity index (χ1) is 11.6. The molecule has 1 saturated heterocycles. The molecule has 0 saturated carbocycles. The molecule has 2 heterocycles. The van der Waals surface area contributed by atoms with Crippen molar-refractivity contribution in [2.45, 2.75) is 25.8 Å². The molecule has 1 aromatic heterocycles. The zero-order valence-electron chi connectivity index (χ0n) is 13.5. The first kappa shape index (κ1) is 16.7.